The topological polar surface area (TPSA) is 52.9 Å². The van der Waals surface area contributed by atoms with Crippen LogP contribution in [0.25, 0.3) is 0 Å². The first kappa shape index (κ1) is 26.0. The maximum Gasteiger partial charge on any atom is 0.329 e. The van der Waals surface area contributed by atoms with Crippen LogP contribution in [0.2, 0.25) is 0 Å². The highest BCUT2D eigenvalue weighted by Crippen LogP contribution is 2.48. The molecule has 2 aliphatic rings. The van der Waals surface area contributed by atoms with E-state index >= 15 is 0 Å². The number of rotatable bonds is 8. The van der Waals surface area contributed by atoms with Crippen LogP contribution in [-0.2, 0) is 26.4 Å². The third-order valence-electron chi connectivity index (χ3n) is 8.07. The zero-order chi connectivity index (χ0) is 27.5. The van der Waals surface area contributed by atoms with Crippen LogP contribution >= 0.6 is 0 Å². The fraction of sp³-hybridized carbons (Fsp3) is 0.235. The molecule has 2 saturated heterocycles. The fourth-order valence-electron chi connectivity index (χ4n) is 6.18. The number of carbonyl (C=O) groups is 2. The second-order valence-electron chi connectivity index (χ2n) is 10.5. The van der Waals surface area contributed by atoms with Crippen molar-refractivity contribution in [3.8, 4) is 0 Å². The van der Waals surface area contributed by atoms with Crippen molar-refractivity contribution >= 4 is 11.9 Å². The predicted molar refractivity (Wildman–Crippen MR) is 154 cm³/mol. The molecule has 0 N–H and O–H groups in total. The van der Waals surface area contributed by atoms with Gasteiger partial charge in [0.05, 0.1) is 19.3 Å². The molecule has 6 nitrogen and oxygen atoms in total. The highest BCUT2D eigenvalue weighted by molar-refractivity contribution is 5.90. The fourth-order valence-corrected chi connectivity index (χ4v) is 6.18. The van der Waals surface area contributed by atoms with Gasteiger partial charge in [0.25, 0.3) is 0 Å². The Morgan fingerprint density at radius 3 is 1.65 bits per heavy atom. The van der Waals surface area contributed by atoms with Gasteiger partial charge in [0.1, 0.15) is 12.1 Å². The van der Waals surface area contributed by atoms with E-state index in [0.29, 0.717) is 26.3 Å². The number of nitrogens with zero attached hydrogens (tertiary/aromatic N) is 3. The first-order valence-electron chi connectivity index (χ1n) is 13.7. The molecular weight excluding hydrogens is 498 g/mol. The van der Waals surface area contributed by atoms with E-state index in [-0.39, 0.29) is 17.9 Å². The van der Waals surface area contributed by atoms with Crippen molar-refractivity contribution in [3.05, 3.63) is 144 Å². The average Bonchev–Trinajstić information content (AvgIpc) is 3.71. The second kappa shape index (κ2) is 11.1. The van der Waals surface area contributed by atoms with Gasteiger partial charge in [-0.05, 0) is 22.3 Å². The Morgan fingerprint density at radius 2 is 1.18 bits per heavy atom. The van der Waals surface area contributed by atoms with Crippen molar-refractivity contribution in [2.24, 2.45) is 0 Å². The van der Waals surface area contributed by atoms with Gasteiger partial charge in [-0.15, -0.1) is 0 Å². The van der Waals surface area contributed by atoms with Gasteiger partial charge in [0, 0.05) is 19.6 Å². The molecule has 0 saturated carbocycles. The summed E-state index contributed by atoms with van der Waals surface area (Å²) in [6.45, 7) is 2.07. The molecule has 40 heavy (non-hydrogen) atoms. The zero-order valence-electron chi connectivity index (χ0n) is 22.6. The molecule has 0 aromatic heterocycles. The first-order valence-corrected chi connectivity index (χ1v) is 13.7. The van der Waals surface area contributed by atoms with E-state index in [2.05, 4.69) is 58.3 Å². The molecule has 0 aliphatic carbocycles. The van der Waals surface area contributed by atoms with Crippen LogP contribution in [0.3, 0.4) is 0 Å². The lowest BCUT2D eigenvalue weighted by molar-refractivity contribution is -0.150. The van der Waals surface area contributed by atoms with Gasteiger partial charge in [-0.25, -0.2) is 4.79 Å². The Balaban J connectivity index is 1.36. The van der Waals surface area contributed by atoms with Crippen molar-refractivity contribution in [3.63, 3.8) is 0 Å². The van der Waals surface area contributed by atoms with Crippen molar-refractivity contribution < 1.29 is 14.3 Å². The minimum atomic E-state index is -0.658. The van der Waals surface area contributed by atoms with E-state index in [1.807, 2.05) is 72.8 Å². The lowest BCUT2D eigenvalue weighted by Crippen LogP contribution is -2.47. The summed E-state index contributed by atoms with van der Waals surface area (Å²) in [4.78, 5) is 33.2. The smallest absolute Gasteiger partial charge is 0.329 e. The molecule has 2 heterocycles. The lowest BCUT2D eigenvalue weighted by atomic mass is 9.76. The maximum absolute atomic E-state index is 14.2. The molecule has 1 amide bonds. The predicted octanol–water partition coefficient (Wildman–Crippen LogP) is 4.51. The second-order valence-corrected chi connectivity index (χ2v) is 10.5. The van der Waals surface area contributed by atoms with Crippen LogP contribution in [0.5, 0.6) is 0 Å². The number of ether oxygens (including phenoxy) is 1. The van der Waals surface area contributed by atoms with E-state index < -0.39 is 11.6 Å². The number of carbonyl (C=O) groups excluding carboxylic acids is 2. The normalized spacial score (nSPS) is 20.7. The minimum Gasteiger partial charge on any atom is -0.467 e. The Labute approximate surface area is 235 Å². The Kier molecular flexibility index (Phi) is 7.20. The quantitative estimate of drug-likeness (QED) is 0.190. The number of benzene rings is 4. The number of methoxy groups -OCH3 is 1. The summed E-state index contributed by atoms with van der Waals surface area (Å²) in [6.07, 6.45) is 0. The minimum absolute atomic E-state index is 0.0434. The van der Waals surface area contributed by atoms with Crippen LogP contribution < -0.4 is 0 Å². The van der Waals surface area contributed by atoms with Gasteiger partial charge in [-0.2, -0.15) is 0 Å². The largest absolute Gasteiger partial charge is 0.467 e. The molecule has 0 bridgehead atoms. The van der Waals surface area contributed by atoms with E-state index in [9.17, 15) is 9.59 Å². The summed E-state index contributed by atoms with van der Waals surface area (Å²) in [5.74, 6) is -0.422. The van der Waals surface area contributed by atoms with Gasteiger partial charge in [-0.3, -0.25) is 14.6 Å². The van der Waals surface area contributed by atoms with Crippen LogP contribution in [0.4, 0.5) is 0 Å². The standard InChI is InChI=1S/C34H33N3O3/c1-40-33(39)31-23-35(22-26-14-6-2-7-15-26)25-36(31)32(38)30-24-37(30)34(27-16-8-3-9-17-27,28-18-10-4-11-19-28)29-20-12-5-13-21-29/h2-21,30-31H,22-25H2,1H3. The number of esters is 1. The van der Waals surface area contributed by atoms with E-state index in [0.717, 1.165) is 22.3 Å². The highest BCUT2D eigenvalue weighted by atomic mass is 16.5. The van der Waals surface area contributed by atoms with E-state index in [1.54, 1.807) is 4.90 Å². The first-order chi connectivity index (χ1) is 19.6. The summed E-state index contributed by atoms with van der Waals surface area (Å²) in [5, 5.41) is 0. The number of hydrogen-bond donors (Lipinski definition) is 0. The summed E-state index contributed by atoms with van der Waals surface area (Å²) in [5.41, 5.74) is 3.77. The van der Waals surface area contributed by atoms with Gasteiger partial charge in [-0.1, -0.05) is 121 Å². The summed E-state index contributed by atoms with van der Waals surface area (Å²) in [6, 6.07) is 40.2. The molecule has 2 fully saturated rings. The van der Waals surface area contributed by atoms with Crippen LogP contribution in [-0.4, -0.2) is 65.5 Å². The van der Waals surface area contributed by atoms with Gasteiger partial charge in [0.2, 0.25) is 5.91 Å². The molecule has 4 aromatic carbocycles. The van der Waals surface area contributed by atoms with Crippen molar-refractivity contribution in [1.29, 1.82) is 0 Å². The van der Waals surface area contributed by atoms with Gasteiger partial charge < -0.3 is 9.64 Å². The lowest BCUT2D eigenvalue weighted by Gasteiger charge is -2.38. The molecule has 202 valence electrons. The van der Waals surface area contributed by atoms with Gasteiger partial charge in [0.15, 0.2) is 0 Å². The van der Waals surface area contributed by atoms with E-state index in [1.165, 1.54) is 7.11 Å². The molecule has 4 aromatic rings. The monoisotopic (exact) mass is 531 g/mol. The summed E-state index contributed by atoms with van der Waals surface area (Å²) in [7, 11) is 1.39. The third kappa shape index (κ3) is 4.70. The van der Waals surface area contributed by atoms with Crippen molar-refractivity contribution in [2.45, 2.75) is 24.2 Å². The summed E-state index contributed by atoms with van der Waals surface area (Å²) < 4.78 is 5.14. The molecule has 2 aliphatic heterocycles. The molecule has 0 radical (unpaired) electrons. The SMILES string of the molecule is COC(=O)C1CN(Cc2ccccc2)CN1C(=O)C1CN1C(c1ccccc1)(c1ccccc1)c1ccccc1. The molecule has 3 unspecified atom stereocenters. The Morgan fingerprint density at radius 1 is 0.700 bits per heavy atom. The Hall–Kier alpha value is -4.26. The zero-order valence-corrected chi connectivity index (χ0v) is 22.6. The van der Waals surface area contributed by atoms with Crippen molar-refractivity contribution in [2.75, 3.05) is 26.9 Å². The average molecular weight is 532 g/mol. The maximum atomic E-state index is 14.2. The molecule has 0 spiro atoms. The van der Waals surface area contributed by atoms with Crippen LogP contribution in [0.15, 0.2) is 121 Å². The van der Waals surface area contributed by atoms with Crippen LogP contribution in [0, 0.1) is 0 Å². The van der Waals surface area contributed by atoms with Gasteiger partial charge >= 0.3 is 5.97 Å². The van der Waals surface area contributed by atoms with Crippen LogP contribution in [0.1, 0.15) is 22.3 Å². The number of amides is 1. The Bertz CT molecular complexity index is 1350. The highest BCUT2D eigenvalue weighted by Gasteiger charge is 2.58. The van der Waals surface area contributed by atoms with Crippen molar-refractivity contribution in [1.82, 2.24) is 14.7 Å². The molecule has 6 heteroatoms. The molecule has 3 atom stereocenters. The molecular formula is C34H33N3O3. The third-order valence-corrected chi connectivity index (χ3v) is 8.07. The van der Waals surface area contributed by atoms with E-state index in [4.69, 9.17) is 4.74 Å². The molecule has 6 rings (SSSR count). The number of hydrogen-bond acceptors (Lipinski definition) is 5. The summed E-state index contributed by atoms with van der Waals surface area (Å²) >= 11 is 0.